The van der Waals surface area contributed by atoms with Gasteiger partial charge in [-0.1, -0.05) is 90.1 Å². The maximum atomic E-state index is 12.5. The quantitative estimate of drug-likeness (QED) is 0.103. The highest BCUT2D eigenvalue weighted by atomic mass is 16.6. The van der Waals surface area contributed by atoms with Crippen LogP contribution in [0.2, 0.25) is 0 Å². The molecule has 206 valence electrons. The molecule has 1 unspecified atom stereocenters. The first kappa shape index (κ1) is 28.4. The number of nitrogens with zero attached hydrogens (tertiary/aromatic N) is 1. The van der Waals surface area contributed by atoms with Crippen LogP contribution in [0.4, 0.5) is 0 Å². The van der Waals surface area contributed by atoms with Crippen LogP contribution in [0, 0.1) is 0 Å². The minimum Gasteiger partial charge on any atom is -0.489 e. The number of carbonyl (C=O) groups excluding carboxylic acids is 1. The highest BCUT2D eigenvalue weighted by Gasteiger charge is 2.20. The normalized spacial score (nSPS) is 12.1. The summed E-state index contributed by atoms with van der Waals surface area (Å²) in [4.78, 5) is 17.4. The minimum atomic E-state index is -0.209. The maximum Gasteiger partial charge on any atom is 0.306 e. The Morgan fingerprint density at radius 3 is 1.93 bits per heavy atom. The van der Waals surface area contributed by atoms with Gasteiger partial charge < -0.3 is 19.0 Å². The van der Waals surface area contributed by atoms with E-state index >= 15 is 0 Å². The van der Waals surface area contributed by atoms with E-state index in [2.05, 4.69) is 5.16 Å². The van der Waals surface area contributed by atoms with Gasteiger partial charge in [-0.25, -0.2) is 0 Å². The highest BCUT2D eigenvalue weighted by molar-refractivity contribution is 6.01. The van der Waals surface area contributed by atoms with Gasteiger partial charge in [-0.05, 0) is 54.8 Å². The number of ether oxygens (including phenoxy) is 3. The molecular formula is C34H35NO5. The second-order valence-electron chi connectivity index (χ2n) is 9.58. The molecule has 0 aliphatic carbocycles. The van der Waals surface area contributed by atoms with Gasteiger partial charge in [-0.3, -0.25) is 4.79 Å². The van der Waals surface area contributed by atoms with Crippen molar-refractivity contribution in [2.75, 3.05) is 13.7 Å². The summed E-state index contributed by atoms with van der Waals surface area (Å²) in [7, 11) is 1.52. The van der Waals surface area contributed by atoms with E-state index in [-0.39, 0.29) is 24.4 Å². The Bertz CT molecular complexity index is 1350. The Labute approximate surface area is 236 Å². The van der Waals surface area contributed by atoms with Gasteiger partial charge in [0.2, 0.25) is 0 Å². The van der Waals surface area contributed by atoms with Crippen molar-refractivity contribution in [3.63, 3.8) is 0 Å². The molecule has 0 heterocycles. The van der Waals surface area contributed by atoms with Crippen LogP contribution in [-0.4, -0.2) is 31.5 Å². The third kappa shape index (κ3) is 8.46. The van der Waals surface area contributed by atoms with Gasteiger partial charge in [0.25, 0.3) is 0 Å². The largest absolute Gasteiger partial charge is 0.489 e. The molecule has 40 heavy (non-hydrogen) atoms. The molecule has 6 heteroatoms. The summed E-state index contributed by atoms with van der Waals surface area (Å²) in [6.07, 6.45) is 0.137. The molecule has 0 aliphatic heterocycles. The molecule has 4 rings (SSSR count). The van der Waals surface area contributed by atoms with Gasteiger partial charge in [-0.15, -0.1) is 0 Å². The summed E-state index contributed by atoms with van der Waals surface area (Å²) in [6.45, 7) is 4.44. The third-order valence-corrected chi connectivity index (χ3v) is 6.24. The fourth-order valence-electron chi connectivity index (χ4n) is 4.29. The molecule has 0 fully saturated rings. The maximum absolute atomic E-state index is 12.5. The zero-order chi connectivity index (χ0) is 28.2. The second-order valence-corrected chi connectivity index (χ2v) is 9.58. The van der Waals surface area contributed by atoms with Crippen molar-refractivity contribution >= 4 is 11.7 Å². The Hall–Kier alpha value is -4.58. The predicted molar refractivity (Wildman–Crippen MR) is 157 cm³/mol. The third-order valence-electron chi connectivity index (χ3n) is 6.24. The number of benzene rings is 4. The summed E-state index contributed by atoms with van der Waals surface area (Å²) in [5, 5.41) is 4.10. The first-order valence-electron chi connectivity index (χ1n) is 13.4. The Balaban J connectivity index is 1.34. The van der Waals surface area contributed by atoms with Crippen LogP contribution in [-0.2, 0) is 21.0 Å². The van der Waals surface area contributed by atoms with Crippen molar-refractivity contribution in [3.05, 3.63) is 131 Å². The molecule has 0 N–H and O–H groups in total. The smallest absolute Gasteiger partial charge is 0.306 e. The summed E-state index contributed by atoms with van der Waals surface area (Å²) in [5.41, 5.74) is 4.79. The standard InChI is InChI=1S/C34H35NO5/c1-25(2)40-34(36)22-32(27-10-6-4-7-11-27)28-16-20-31(21-17-28)38-23-26-14-18-30(19-15-26)39-24-33(35-37-3)29-12-8-5-9-13-29/h4-21,25,32H,22-24H2,1-3H3/b35-33+. The van der Waals surface area contributed by atoms with E-state index in [9.17, 15) is 4.79 Å². The number of carbonyl (C=O) groups is 1. The van der Waals surface area contributed by atoms with Gasteiger partial charge in [0.15, 0.2) is 0 Å². The van der Waals surface area contributed by atoms with Crippen molar-refractivity contribution in [1.82, 2.24) is 0 Å². The van der Waals surface area contributed by atoms with Crippen LogP contribution in [0.5, 0.6) is 11.5 Å². The molecule has 0 spiro atoms. The fraction of sp³-hybridized carbons (Fsp3) is 0.235. The Kier molecular flexibility index (Phi) is 10.3. The molecule has 0 aliphatic rings. The van der Waals surface area contributed by atoms with E-state index < -0.39 is 0 Å². The summed E-state index contributed by atoms with van der Waals surface area (Å²) in [6, 6.07) is 35.5. The summed E-state index contributed by atoms with van der Waals surface area (Å²) >= 11 is 0. The van der Waals surface area contributed by atoms with Crippen molar-refractivity contribution in [3.8, 4) is 11.5 Å². The van der Waals surface area contributed by atoms with Crippen molar-refractivity contribution in [2.24, 2.45) is 5.16 Å². The molecule has 0 radical (unpaired) electrons. The number of hydrogen-bond donors (Lipinski definition) is 0. The van der Waals surface area contributed by atoms with Crippen molar-refractivity contribution in [1.29, 1.82) is 0 Å². The topological polar surface area (TPSA) is 66.3 Å². The van der Waals surface area contributed by atoms with Crippen molar-refractivity contribution in [2.45, 2.75) is 38.9 Å². The molecule has 4 aromatic carbocycles. The lowest BCUT2D eigenvalue weighted by atomic mass is 9.88. The van der Waals surface area contributed by atoms with Crippen LogP contribution in [0.25, 0.3) is 0 Å². The zero-order valence-electron chi connectivity index (χ0n) is 23.2. The van der Waals surface area contributed by atoms with E-state index in [0.29, 0.717) is 18.9 Å². The van der Waals surface area contributed by atoms with Crippen LogP contribution in [0.3, 0.4) is 0 Å². The van der Waals surface area contributed by atoms with Gasteiger partial charge in [0.1, 0.15) is 37.5 Å². The van der Waals surface area contributed by atoms with Crippen LogP contribution >= 0.6 is 0 Å². The van der Waals surface area contributed by atoms with Crippen LogP contribution < -0.4 is 9.47 Å². The first-order chi connectivity index (χ1) is 19.5. The van der Waals surface area contributed by atoms with Gasteiger partial charge in [0, 0.05) is 11.5 Å². The Morgan fingerprint density at radius 2 is 1.30 bits per heavy atom. The summed E-state index contributed by atoms with van der Waals surface area (Å²) in [5.74, 6) is 1.18. The molecule has 6 nitrogen and oxygen atoms in total. The lowest BCUT2D eigenvalue weighted by Gasteiger charge is -2.19. The van der Waals surface area contributed by atoms with E-state index in [1.165, 1.54) is 7.11 Å². The lowest BCUT2D eigenvalue weighted by Crippen LogP contribution is -2.15. The van der Waals surface area contributed by atoms with Crippen LogP contribution in [0.15, 0.2) is 114 Å². The van der Waals surface area contributed by atoms with Gasteiger partial charge in [0.05, 0.1) is 12.5 Å². The fourth-order valence-corrected chi connectivity index (χ4v) is 4.29. The molecule has 0 saturated heterocycles. The van der Waals surface area contributed by atoms with E-state index in [1.54, 1.807) is 0 Å². The molecule has 0 aromatic heterocycles. The lowest BCUT2D eigenvalue weighted by molar-refractivity contribution is -0.147. The minimum absolute atomic E-state index is 0.0922. The number of rotatable bonds is 13. The Morgan fingerprint density at radius 1 is 0.725 bits per heavy atom. The first-order valence-corrected chi connectivity index (χ1v) is 13.4. The van der Waals surface area contributed by atoms with Gasteiger partial charge in [-0.2, -0.15) is 0 Å². The molecular weight excluding hydrogens is 502 g/mol. The predicted octanol–water partition coefficient (Wildman–Crippen LogP) is 7.17. The average molecular weight is 538 g/mol. The van der Waals surface area contributed by atoms with Crippen LogP contribution in [0.1, 0.15) is 48.4 Å². The van der Waals surface area contributed by atoms with E-state index in [0.717, 1.165) is 33.8 Å². The van der Waals surface area contributed by atoms with E-state index in [4.69, 9.17) is 19.0 Å². The van der Waals surface area contributed by atoms with Gasteiger partial charge >= 0.3 is 5.97 Å². The SMILES string of the molecule is CO/N=C(\COc1ccc(COc2ccc(C(CC(=O)OC(C)C)c3ccccc3)cc2)cc1)c1ccccc1. The number of esters is 1. The molecule has 1 atom stereocenters. The second kappa shape index (κ2) is 14.5. The monoisotopic (exact) mass is 537 g/mol. The number of oxime groups is 1. The molecule has 4 aromatic rings. The highest BCUT2D eigenvalue weighted by Crippen LogP contribution is 2.30. The molecule has 0 amide bonds. The molecule has 0 bridgehead atoms. The molecule has 0 saturated carbocycles. The zero-order valence-corrected chi connectivity index (χ0v) is 23.2. The summed E-state index contributed by atoms with van der Waals surface area (Å²) < 4.78 is 17.4. The number of hydrogen-bond acceptors (Lipinski definition) is 6. The van der Waals surface area contributed by atoms with E-state index in [1.807, 2.05) is 123 Å². The van der Waals surface area contributed by atoms with Crippen molar-refractivity contribution < 1.29 is 23.8 Å². The average Bonchev–Trinajstić information content (AvgIpc) is 2.98.